The Morgan fingerprint density at radius 3 is 2.48 bits per heavy atom. The number of hydrogen-bond acceptors (Lipinski definition) is 3. The zero-order valence-electron chi connectivity index (χ0n) is 12.1. The van der Waals surface area contributed by atoms with Crippen LogP contribution in [0.25, 0.3) is 0 Å². The van der Waals surface area contributed by atoms with E-state index in [1.54, 1.807) is 0 Å². The van der Waals surface area contributed by atoms with Crippen LogP contribution in [0, 0.1) is 0 Å². The second kappa shape index (κ2) is 6.29. The van der Waals surface area contributed by atoms with Crippen molar-refractivity contribution in [2.45, 2.75) is 37.5 Å². The molecule has 3 rings (SSSR count). The first-order valence-electron chi connectivity index (χ1n) is 7.56. The molecule has 1 saturated heterocycles. The molecular weight excluding hydrogens is 260 g/mol. The molecule has 1 aliphatic heterocycles. The lowest BCUT2D eigenvalue weighted by atomic mass is 10.0. The van der Waals surface area contributed by atoms with Gasteiger partial charge in [-0.25, -0.2) is 0 Å². The molecule has 0 saturated carbocycles. The van der Waals surface area contributed by atoms with E-state index in [0.717, 1.165) is 30.5 Å². The summed E-state index contributed by atoms with van der Waals surface area (Å²) in [7, 11) is 0. The van der Waals surface area contributed by atoms with Crippen molar-refractivity contribution in [1.29, 1.82) is 0 Å². The summed E-state index contributed by atoms with van der Waals surface area (Å²) in [5, 5.41) is 14.0. The Kier molecular flexibility index (Phi) is 4.23. The number of aliphatic hydroxyl groups excluding tert-OH is 1. The molecule has 0 aliphatic carbocycles. The van der Waals surface area contributed by atoms with Crippen LogP contribution in [0.2, 0.25) is 0 Å². The van der Waals surface area contributed by atoms with Gasteiger partial charge in [0.05, 0.1) is 6.10 Å². The van der Waals surface area contributed by atoms with Crippen LogP contribution in [-0.2, 0) is 6.42 Å². The number of hydrogen-bond donors (Lipinski definition) is 3. The number of benzene rings is 2. The summed E-state index contributed by atoms with van der Waals surface area (Å²) in [4.78, 5) is 0. The van der Waals surface area contributed by atoms with Gasteiger partial charge in [-0.15, -0.1) is 0 Å². The van der Waals surface area contributed by atoms with Gasteiger partial charge in [0.2, 0.25) is 0 Å². The summed E-state index contributed by atoms with van der Waals surface area (Å²) in [6.45, 7) is 0. The quantitative estimate of drug-likeness (QED) is 0.756. The Morgan fingerprint density at radius 2 is 1.76 bits per heavy atom. The minimum Gasteiger partial charge on any atom is -0.399 e. The number of aliphatic hydroxyl groups is 1. The topological polar surface area (TPSA) is 58.3 Å². The molecular formula is C18H22N2O. The normalized spacial score (nSPS) is 23.1. The van der Waals surface area contributed by atoms with Crippen LogP contribution in [0.5, 0.6) is 0 Å². The molecule has 2 unspecified atom stereocenters. The average molecular weight is 282 g/mol. The van der Waals surface area contributed by atoms with E-state index in [-0.39, 0.29) is 6.04 Å². The molecule has 0 amide bonds. The van der Waals surface area contributed by atoms with E-state index in [9.17, 15) is 5.11 Å². The van der Waals surface area contributed by atoms with Crippen molar-refractivity contribution in [2.75, 3.05) is 5.73 Å². The van der Waals surface area contributed by atoms with E-state index >= 15 is 0 Å². The smallest absolute Gasteiger partial charge is 0.0943 e. The fourth-order valence-electron chi connectivity index (χ4n) is 3.08. The van der Waals surface area contributed by atoms with E-state index in [4.69, 9.17) is 5.73 Å². The molecule has 1 fully saturated rings. The highest BCUT2D eigenvalue weighted by molar-refractivity contribution is 5.39. The Bertz CT molecular complexity index is 568. The maximum atomic E-state index is 10.5. The summed E-state index contributed by atoms with van der Waals surface area (Å²) >= 11 is 0. The maximum absolute atomic E-state index is 10.5. The SMILES string of the molecule is Nc1ccc(CC2CCC([C@H](O)c3ccccc3)N2)cc1. The van der Waals surface area contributed by atoms with Crippen LogP contribution in [0.1, 0.15) is 30.1 Å². The molecule has 110 valence electrons. The maximum Gasteiger partial charge on any atom is 0.0943 e. The second-order valence-corrected chi connectivity index (χ2v) is 5.85. The lowest BCUT2D eigenvalue weighted by Gasteiger charge is -2.20. The Hall–Kier alpha value is -1.84. The van der Waals surface area contributed by atoms with E-state index in [0.29, 0.717) is 6.04 Å². The predicted molar refractivity (Wildman–Crippen MR) is 85.9 cm³/mol. The number of nitrogens with two attached hydrogens (primary N) is 1. The lowest BCUT2D eigenvalue weighted by molar-refractivity contribution is 0.135. The van der Waals surface area contributed by atoms with Crippen molar-refractivity contribution in [3.05, 3.63) is 65.7 Å². The molecule has 0 bridgehead atoms. The van der Waals surface area contributed by atoms with Crippen LogP contribution in [0.15, 0.2) is 54.6 Å². The molecule has 1 aliphatic rings. The molecule has 21 heavy (non-hydrogen) atoms. The van der Waals surface area contributed by atoms with Gasteiger partial charge in [0.1, 0.15) is 0 Å². The summed E-state index contributed by atoms with van der Waals surface area (Å²) in [5.41, 5.74) is 8.79. The summed E-state index contributed by atoms with van der Waals surface area (Å²) in [6.07, 6.45) is 2.66. The van der Waals surface area contributed by atoms with Crippen molar-refractivity contribution >= 4 is 5.69 Å². The highest BCUT2D eigenvalue weighted by atomic mass is 16.3. The van der Waals surface area contributed by atoms with Gasteiger partial charge in [-0.05, 0) is 42.5 Å². The first kappa shape index (κ1) is 14.1. The third-order valence-electron chi connectivity index (χ3n) is 4.26. The number of nitrogens with one attached hydrogen (secondary N) is 1. The fraction of sp³-hybridized carbons (Fsp3) is 0.333. The minimum atomic E-state index is -0.428. The van der Waals surface area contributed by atoms with Gasteiger partial charge in [0.15, 0.2) is 0 Å². The molecule has 0 radical (unpaired) electrons. The first-order valence-corrected chi connectivity index (χ1v) is 7.56. The molecule has 0 spiro atoms. The van der Waals surface area contributed by atoms with Crippen molar-refractivity contribution in [2.24, 2.45) is 0 Å². The average Bonchev–Trinajstić information content (AvgIpc) is 2.98. The number of rotatable bonds is 4. The molecule has 4 N–H and O–H groups in total. The third-order valence-corrected chi connectivity index (χ3v) is 4.26. The lowest BCUT2D eigenvalue weighted by Crippen LogP contribution is -2.35. The highest BCUT2D eigenvalue weighted by Crippen LogP contribution is 2.26. The monoisotopic (exact) mass is 282 g/mol. The van der Waals surface area contributed by atoms with Crippen LogP contribution < -0.4 is 11.1 Å². The van der Waals surface area contributed by atoms with Crippen molar-refractivity contribution < 1.29 is 5.11 Å². The number of anilines is 1. The number of nitrogen functional groups attached to an aromatic ring is 1. The van der Waals surface area contributed by atoms with E-state index in [2.05, 4.69) is 17.4 Å². The van der Waals surface area contributed by atoms with Gasteiger partial charge in [-0.2, -0.15) is 0 Å². The van der Waals surface area contributed by atoms with Crippen molar-refractivity contribution in [3.63, 3.8) is 0 Å². The van der Waals surface area contributed by atoms with E-state index < -0.39 is 6.10 Å². The first-order chi connectivity index (χ1) is 10.2. The van der Waals surface area contributed by atoms with Crippen molar-refractivity contribution in [1.82, 2.24) is 5.32 Å². The predicted octanol–water partition coefficient (Wildman–Crippen LogP) is 2.67. The Labute approximate surface area is 125 Å². The standard InChI is InChI=1S/C18H22N2O/c19-15-8-6-13(7-9-15)12-16-10-11-17(20-16)18(21)14-4-2-1-3-5-14/h1-9,16-18,20-21H,10-12,19H2/t16?,17?,18-/m1/s1. The van der Waals surface area contributed by atoms with Gasteiger partial charge < -0.3 is 16.2 Å². The highest BCUT2D eigenvalue weighted by Gasteiger charge is 2.29. The third kappa shape index (κ3) is 3.43. The minimum absolute atomic E-state index is 0.145. The molecule has 0 aromatic heterocycles. The Morgan fingerprint density at radius 1 is 1.05 bits per heavy atom. The fourth-order valence-corrected chi connectivity index (χ4v) is 3.08. The Balaban J connectivity index is 1.59. The van der Waals surface area contributed by atoms with Crippen LogP contribution in [0.3, 0.4) is 0 Å². The largest absolute Gasteiger partial charge is 0.399 e. The molecule has 2 aromatic carbocycles. The van der Waals surface area contributed by atoms with Crippen LogP contribution in [-0.4, -0.2) is 17.2 Å². The molecule has 3 atom stereocenters. The van der Waals surface area contributed by atoms with Crippen molar-refractivity contribution in [3.8, 4) is 0 Å². The van der Waals surface area contributed by atoms with E-state index in [1.165, 1.54) is 5.56 Å². The molecule has 3 heteroatoms. The second-order valence-electron chi connectivity index (χ2n) is 5.85. The summed E-state index contributed by atoms with van der Waals surface area (Å²) < 4.78 is 0. The van der Waals surface area contributed by atoms with Crippen LogP contribution in [0.4, 0.5) is 5.69 Å². The molecule has 3 nitrogen and oxygen atoms in total. The van der Waals surface area contributed by atoms with E-state index in [1.807, 2.05) is 42.5 Å². The molecule has 1 heterocycles. The van der Waals surface area contributed by atoms with Gasteiger partial charge in [0, 0.05) is 17.8 Å². The van der Waals surface area contributed by atoms with Gasteiger partial charge in [-0.1, -0.05) is 42.5 Å². The van der Waals surface area contributed by atoms with Gasteiger partial charge >= 0.3 is 0 Å². The zero-order valence-corrected chi connectivity index (χ0v) is 12.1. The van der Waals surface area contributed by atoms with Gasteiger partial charge in [-0.3, -0.25) is 0 Å². The summed E-state index contributed by atoms with van der Waals surface area (Å²) in [5.74, 6) is 0. The zero-order chi connectivity index (χ0) is 14.7. The van der Waals surface area contributed by atoms with Crippen LogP contribution >= 0.6 is 0 Å². The summed E-state index contributed by atoms with van der Waals surface area (Å²) in [6, 6.07) is 18.5. The molecule has 2 aromatic rings. The van der Waals surface area contributed by atoms with Gasteiger partial charge in [0.25, 0.3) is 0 Å².